The molecule has 1 atom stereocenters. The van der Waals surface area contributed by atoms with Crippen molar-refractivity contribution in [2.75, 3.05) is 18.6 Å². The van der Waals surface area contributed by atoms with E-state index < -0.39 is 5.41 Å². The first-order chi connectivity index (χ1) is 18.0. The Morgan fingerprint density at radius 3 is 2.62 bits per heavy atom. The second-order valence-electron chi connectivity index (χ2n) is 10.4. The summed E-state index contributed by atoms with van der Waals surface area (Å²) >= 11 is 1.41. The molecule has 8 heteroatoms. The fraction of sp³-hybridized carbons (Fsp3) is 0.483. The number of amides is 1. The lowest BCUT2D eigenvalue weighted by atomic mass is 9.62. The molecule has 1 aromatic carbocycles. The number of carbonyl (C=O) groups is 2. The number of benzene rings is 1. The zero-order valence-electron chi connectivity index (χ0n) is 21.3. The summed E-state index contributed by atoms with van der Waals surface area (Å²) in [5.74, 6) is 1.05. The van der Waals surface area contributed by atoms with Crippen LogP contribution in [0.2, 0.25) is 0 Å². The highest BCUT2D eigenvalue weighted by Gasteiger charge is 2.58. The second kappa shape index (κ2) is 9.72. The van der Waals surface area contributed by atoms with Crippen molar-refractivity contribution in [2.24, 2.45) is 5.41 Å². The molecule has 7 nitrogen and oxygen atoms in total. The fourth-order valence-electron chi connectivity index (χ4n) is 6.07. The van der Waals surface area contributed by atoms with E-state index in [0.717, 1.165) is 53.9 Å². The van der Waals surface area contributed by atoms with Crippen molar-refractivity contribution in [3.8, 4) is 16.5 Å². The third kappa shape index (κ3) is 4.01. The summed E-state index contributed by atoms with van der Waals surface area (Å²) in [6.07, 6.45) is 10.5. The number of para-hydroxylation sites is 1. The van der Waals surface area contributed by atoms with Gasteiger partial charge in [-0.05, 0) is 44.2 Å². The number of methoxy groups -OCH3 is 1. The molecule has 194 valence electrons. The van der Waals surface area contributed by atoms with Crippen LogP contribution in [0, 0.1) is 12.3 Å². The van der Waals surface area contributed by atoms with Gasteiger partial charge in [0.2, 0.25) is 11.8 Å². The van der Waals surface area contributed by atoms with Crippen LogP contribution in [0.5, 0.6) is 5.75 Å². The molecule has 2 fully saturated rings. The molecule has 1 amide bonds. The Balaban J connectivity index is 1.44. The normalized spacial score (nSPS) is 20.1. The van der Waals surface area contributed by atoms with Gasteiger partial charge >= 0.3 is 0 Å². The number of nitrogens with zero attached hydrogens (tertiary/aromatic N) is 2. The highest BCUT2D eigenvalue weighted by molar-refractivity contribution is 7.20. The van der Waals surface area contributed by atoms with E-state index in [1.54, 1.807) is 13.3 Å². The van der Waals surface area contributed by atoms with E-state index in [1.165, 1.54) is 24.0 Å². The van der Waals surface area contributed by atoms with Crippen LogP contribution in [0.4, 0.5) is 5.00 Å². The van der Waals surface area contributed by atoms with Crippen LogP contribution in [0.1, 0.15) is 79.0 Å². The van der Waals surface area contributed by atoms with Gasteiger partial charge < -0.3 is 13.9 Å². The molecule has 0 radical (unpaired) electrons. The first-order valence-electron chi connectivity index (χ1n) is 13.2. The minimum absolute atomic E-state index is 0.0522. The molecule has 1 spiro atoms. The predicted octanol–water partition coefficient (Wildman–Crippen LogP) is 6.51. The molecular formula is C29H32N2O5S. The van der Waals surface area contributed by atoms with Crippen molar-refractivity contribution in [2.45, 2.75) is 70.5 Å². The van der Waals surface area contributed by atoms with Gasteiger partial charge in [0, 0.05) is 5.56 Å². The number of oxazole rings is 1. The number of ketones is 1. The Morgan fingerprint density at radius 2 is 1.95 bits per heavy atom. The van der Waals surface area contributed by atoms with E-state index in [4.69, 9.17) is 13.9 Å². The minimum atomic E-state index is -0.969. The van der Waals surface area contributed by atoms with Crippen LogP contribution < -0.4 is 9.64 Å². The van der Waals surface area contributed by atoms with E-state index in [1.807, 2.05) is 36.1 Å². The molecule has 3 aromatic rings. The number of carbonyl (C=O) groups excluding carboxylic acids is 2. The second-order valence-corrected chi connectivity index (χ2v) is 11.4. The lowest BCUT2D eigenvalue weighted by molar-refractivity contribution is -0.130. The fourth-order valence-corrected chi connectivity index (χ4v) is 7.32. The number of fused-ring (bicyclic) bond motifs is 1. The van der Waals surface area contributed by atoms with Crippen molar-refractivity contribution in [3.05, 3.63) is 53.4 Å². The number of hydrogen-bond donors (Lipinski definition) is 0. The smallest absolute Gasteiger partial charge is 0.241 e. The molecule has 1 unspecified atom stereocenters. The van der Waals surface area contributed by atoms with Gasteiger partial charge in [0.25, 0.3) is 0 Å². The number of rotatable bonds is 7. The quantitative estimate of drug-likeness (QED) is 0.330. The maximum Gasteiger partial charge on any atom is 0.241 e. The number of ether oxygens (including phenoxy) is 2. The first-order valence-corrected chi connectivity index (χ1v) is 14.0. The highest BCUT2D eigenvalue weighted by Crippen LogP contribution is 2.55. The molecule has 1 aliphatic heterocycles. The number of Topliss-reactive ketones (excluding diaryl/α,β-unsaturated/α-hetero) is 1. The summed E-state index contributed by atoms with van der Waals surface area (Å²) in [6.45, 7) is 2.26. The van der Waals surface area contributed by atoms with Crippen molar-refractivity contribution in [1.29, 1.82) is 0 Å². The molecule has 2 aliphatic carbocycles. The van der Waals surface area contributed by atoms with Crippen LogP contribution in [0.3, 0.4) is 0 Å². The SMILES string of the molecule is COc1ccccc1C(CN1C(=O)C2(CCC2)C(=O)c2c1sc(-c1ncco1)c2C)OC1CCCCC1. The lowest BCUT2D eigenvalue weighted by Crippen LogP contribution is -2.57. The van der Waals surface area contributed by atoms with E-state index in [-0.39, 0.29) is 23.9 Å². The van der Waals surface area contributed by atoms with Gasteiger partial charge in [-0.1, -0.05) is 43.9 Å². The lowest BCUT2D eigenvalue weighted by Gasteiger charge is -2.46. The average Bonchev–Trinajstić information content (AvgIpc) is 3.54. The number of aromatic nitrogens is 1. The summed E-state index contributed by atoms with van der Waals surface area (Å²) in [6, 6.07) is 7.87. The predicted molar refractivity (Wildman–Crippen MR) is 141 cm³/mol. The standard InChI is InChI=1S/C29H32N2O5S/c1-18-23-25(32)29(13-8-14-29)28(33)31(27(23)37-24(18)26-30-15-16-35-26)17-22(36-19-9-4-3-5-10-19)20-11-6-7-12-21(20)34-2/h6-7,11-12,15-16,19,22H,3-5,8-10,13-14,17H2,1-2H3. The van der Waals surface area contributed by atoms with Crippen molar-refractivity contribution in [1.82, 2.24) is 4.98 Å². The Morgan fingerprint density at radius 1 is 1.16 bits per heavy atom. The minimum Gasteiger partial charge on any atom is -0.496 e. The Kier molecular flexibility index (Phi) is 6.41. The summed E-state index contributed by atoms with van der Waals surface area (Å²) in [7, 11) is 1.66. The monoisotopic (exact) mass is 520 g/mol. The maximum atomic E-state index is 14.1. The van der Waals surface area contributed by atoms with Gasteiger partial charge in [-0.15, -0.1) is 11.3 Å². The van der Waals surface area contributed by atoms with Gasteiger partial charge in [0.1, 0.15) is 28.5 Å². The Bertz CT molecular complexity index is 1300. The Labute approximate surface area is 220 Å². The van der Waals surface area contributed by atoms with Crippen molar-refractivity contribution >= 4 is 28.0 Å². The van der Waals surface area contributed by atoms with E-state index >= 15 is 0 Å². The van der Waals surface area contributed by atoms with Gasteiger partial charge in [0.15, 0.2) is 5.78 Å². The van der Waals surface area contributed by atoms with Crippen LogP contribution in [0.25, 0.3) is 10.8 Å². The molecule has 0 N–H and O–H groups in total. The van der Waals surface area contributed by atoms with Gasteiger partial charge in [-0.25, -0.2) is 4.98 Å². The third-order valence-corrected chi connectivity index (χ3v) is 9.57. The molecular weight excluding hydrogens is 488 g/mol. The largest absolute Gasteiger partial charge is 0.496 e. The topological polar surface area (TPSA) is 81.9 Å². The van der Waals surface area contributed by atoms with Gasteiger partial charge in [-0.2, -0.15) is 0 Å². The third-order valence-electron chi connectivity index (χ3n) is 8.27. The molecule has 3 heterocycles. The first kappa shape index (κ1) is 24.4. The zero-order chi connectivity index (χ0) is 25.6. The molecule has 0 bridgehead atoms. The number of anilines is 1. The molecule has 0 saturated heterocycles. The van der Waals surface area contributed by atoms with Gasteiger partial charge in [0.05, 0.1) is 36.4 Å². The van der Waals surface area contributed by atoms with Crippen LogP contribution in [-0.2, 0) is 9.53 Å². The summed E-state index contributed by atoms with van der Waals surface area (Å²) in [4.78, 5) is 34.9. The Hall–Kier alpha value is -2.97. The number of thiophene rings is 1. The molecule has 2 saturated carbocycles. The molecule has 6 rings (SSSR count). The summed E-state index contributed by atoms with van der Waals surface area (Å²) in [5.41, 5.74) is 1.42. The summed E-state index contributed by atoms with van der Waals surface area (Å²) in [5, 5.41) is 0.672. The highest BCUT2D eigenvalue weighted by atomic mass is 32.1. The van der Waals surface area contributed by atoms with Gasteiger partial charge in [-0.3, -0.25) is 14.5 Å². The maximum absolute atomic E-state index is 14.1. The average molecular weight is 521 g/mol. The van der Waals surface area contributed by atoms with Crippen LogP contribution in [0.15, 0.2) is 41.1 Å². The summed E-state index contributed by atoms with van der Waals surface area (Å²) < 4.78 is 18.1. The molecule has 2 aromatic heterocycles. The molecule has 3 aliphatic rings. The van der Waals surface area contributed by atoms with E-state index in [2.05, 4.69) is 4.98 Å². The van der Waals surface area contributed by atoms with E-state index in [0.29, 0.717) is 35.8 Å². The van der Waals surface area contributed by atoms with Crippen LogP contribution in [-0.4, -0.2) is 36.4 Å². The van der Waals surface area contributed by atoms with E-state index in [9.17, 15) is 9.59 Å². The molecule has 37 heavy (non-hydrogen) atoms. The zero-order valence-corrected chi connectivity index (χ0v) is 22.1. The van der Waals surface area contributed by atoms with Crippen molar-refractivity contribution < 1.29 is 23.5 Å². The number of hydrogen-bond acceptors (Lipinski definition) is 7. The van der Waals surface area contributed by atoms with Crippen LogP contribution >= 0.6 is 11.3 Å². The van der Waals surface area contributed by atoms with Crippen molar-refractivity contribution in [3.63, 3.8) is 0 Å².